The third-order valence-corrected chi connectivity index (χ3v) is 3.25. The minimum absolute atomic E-state index is 0.0131. The predicted molar refractivity (Wildman–Crippen MR) is 80.3 cm³/mol. The highest BCUT2D eigenvalue weighted by molar-refractivity contribution is 5.77. The fourth-order valence-electron chi connectivity index (χ4n) is 1.98. The summed E-state index contributed by atoms with van der Waals surface area (Å²) in [6.07, 6.45) is 0. The Balaban J connectivity index is 2.05. The van der Waals surface area contributed by atoms with E-state index in [1.54, 1.807) is 6.07 Å². The van der Waals surface area contributed by atoms with Crippen molar-refractivity contribution in [2.24, 2.45) is 0 Å². The molecule has 2 rings (SSSR count). The second-order valence-corrected chi connectivity index (χ2v) is 4.52. The van der Waals surface area contributed by atoms with Gasteiger partial charge in [-0.2, -0.15) is 0 Å². The van der Waals surface area contributed by atoms with E-state index in [4.69, 9.17) is 0 Å². The zero-order valence-corrected chi connectivity index (χ0v) is 12.1. The van der Waals surface area contributed by atoms with E-state index in [1.165, 1.54) is 12.1 Å². The molecule has 0 aliphatic heterocycles. The van der Waals surface area contributed by atoms with Crippen molar-refractivity contribution >= 4 is 22.7 Å². The van der Waals surface area contributed by atoms with Crippen LogP contribution in [0.3, 0.4) is 0 Å². The van der Waals surface area contributed by atoms with Gasteiger partial charge in [-0.05, 0) is 19.2 Å². The Morgan fingerprint density at radius 1 is 1.24 bits per heavy atom. The number of hydrogen-bond donors (Lipinski definition) is 1. The number of benzene rings is 1. The number of non-ortho nitro benzene ring substituents is 1. The summed E-state index contributed by atoms with van der Waals surface area (Å²) in [4.78, 5) is 16.8. The minimum Gasteiger partial charge on any atom is -0.352 e. The summed E-state index contributed by atoms with van der Waals surface area (Å²) in [7, 11) is 0. The van der Waals surface area contributed by atoms with Gasteiger partial charge in [-0.15, -0.1) is 10.2 Å². The first-order valence-corrected chi connectivity index (χ1v) is 6.89. The predicted octanol–water partition coefficient (Wildman–Crippen LogP) is 1.69. The van der Waals surface area contributed by atoms with Crippen LogP contribution in [0.1, 0.15) is 13.8 Å². The maximum atomic E-state index is 10.7. The Labute approximate surface area is 122 Å². The van der Waals surface area contributed by atoms with Gasteiger partial charge in [0, 0.05) is 25.2 Å². The van der Waals surface area contributed by atoms with Gasteiger partial charge < -0.3 is 10.2 Å². The molecule has 1 N–H and O–H groups in total. The smallest absolute Gasteiger partial charge is 0.271 e. The average molecular weight is 290 g/mol. The molecule has 8 nitrogen and oxygen atoms in total. The van der Waals surface area contributed by atoms with E-state index in [-0.39, 0.29) is 5.69 Å². The van der Waals surface area contributed by atoms with Crippen LogP contribution in [0.4, 0.5) is 11.6 Å². The van der Waals surface area contributed by atoms with Crippen molar-refractivity contribution in [1.29, 1.82) is 0 Å². The maximum Gasteiger partial charge on any atom is 0.271 e. The molecule has 0 radical (unpaired) electrons. The largest absolute Gasteiger partial charge is 0.352 e. The molecule has 0 saturated carbocycles. The molecule has 0 fully saturated rings. The molecule has 8 heteroatoms. The second-order valence-electron chi connectivity index (χ2n) is 4.52. The number of rotatable bonds is 7. The van der Waals surface area contributed by atoms with Crippen LogP contribution < -0.4 is 5.32 Å². The second kappa shape index (κ2) is 6.89. The Hall–Kier alpha value is -2.35. The van der Waals surface area contributed by atoms with Crippen LogP contribution in [-0.2, 0) is 0 Å². The SMILES string of the molecule is CCN(CC)CCNc1nnc2cc([N+](=O)[O-])ccc2n1. The Morgan fingerprint density at radius 2 is 2.00 bits per heavy atom. The first-order valence-electron chi connectivity index (χ1n) is 6.89. The van der Waals surface area contributed by atoms with E-state index in [2.05, 4.69) is 39.2 Å². The van der Waals surface area contributed by atoms with Gasteiger partial charge in [-0.3, -0.25) is 10.1 Å². The fraction of sp³-hybridized carbons (Fsp3) is 0.462. The molecular weight excluding hydrogens is 272 g/mol. The van der Waals surface area contributed by atoms with E-state index in [0.29, 0.717) is 17.0 Å². The highest BCUT2D eigenvalue weighted by Gasteiger charge is 2.09. The summed E-state index contributed by atoms with van der Waals surface area (Å²) in [5.41, 5.74) is 0.986. The molecule has 0 aliphatic carbocycles. The highest BCUT2D eigenvalue weighted by Crippen LogP contribution is 2.17. The number of aromatic nitrogens is 3. The summed E-state index contributed by atoms with van der Waals surface area (Å²) in [5, 5.41) is 21.7. The van der Waals surface area contributed by atoms with Crippen molar-refractivity contribution in [3.8, 4) is 0 Å². The van der Waals surface area contributed by atoms with E-state index >= 15 is 0 Å². The lowest BCUT2D eigenvalue weighted by atomic mass is 10.3. The van der Waals surface area contributed by atoms with Gasteiger partial charge in [0.1, 0.15) is 5.52 Å². The molecule has 0 spiro atoms. The number of hydrogen-bond acceptors (Lipinski definition) is 7. The van der Waals surface area contributed by atoms with Crippen LogP contribution in [0.15, 0.2) is 18.2 Å². The molecule has 0 saturated heterocycles. The molecule has 1 aromatic heterocycles. The van der Waals surface area contributed by atoms with Crippen molar-refractivity contribution in [3.05, 3.63) is 28.3 Å². The standard InChI is InChI=1S/C13H18N6O2/c1-3-18(4-2)8-7-14-13-15-11-6-5-10(19(20)21)9-12(11)16-17-13/h5-6,9H,3-4,7-8H2,1-2H3,(H,14,15,17). The van der Waals surface area contributed by atoms with E-state index in [1.807, 2.05) is 0 Å². The molecule has 0 bridgehead atoms. The first-order chi connectivity index (χ1) is 10.1. The Kier molecular flexibility index (Phi) is 4.94. The van der Waals surface area contributed by atoms with Crippen molar-refractivity contribution in [2.45, 2.75) is 13.8 Å². The maximum absolute atomic E-state index is 10.7. The van der Waals surface area contributed by atoms with Gasteiger partial charge in [0.25, 0.3) is 5.69 Å². The molecule has 0 aliphatic rings. The number of nitro benzene ring substituents is 1. The Morgan fingerprint density at radius 3 is 2.67 bits per heavy atom. The summed E-state index contributed by atoms with van der Waals surface area (Å²) >= 11 is 0. The summed E-state index contributed by atoms with van der Waals surface area (Å²) in [5.74, 6) is 0.434. The van der Waals surface area contributed by atoms with Crippen molar-refractivity contribution < 1.29 is 4.92 Å². The Bertz CT molecular complexity index is 629. The molecule has 21 heavy (non-hydrogen) atoms. The highest BCUT2D eigenvalue weighted by atomic mass is 16.6. The number of nitrogens with one attached hydrogen (secondary N) is 1. The van der Waals surface area contributed by atoms with Gasteiger partial charge in [-0.25, -0.2) is 4.98 Å². The fourth-order valence-corrected chi connectivity index (χ4v) is 1.98. The van der Waals surface area contributed by atoms with Gasteiger partial charge >= 0.3 is 0 Å². The minimum atomic E-state index is -0.461. The molecular formula is C13H18N6O2. The summed E-state index contributed by atoms with van der Waals surface area (Å²) in [6.45, 7) is 7.85. The van der Waals surface area contributed by atoms with Crippen LogP contribution in [0.5, 0.6) is 0 Å². The molecule has 1 heterocycles. The average Bonchev–Trinajstić information content (AvgIpc) is 2.51. The quantitative estimate of drug-likeness (QED) is 0.612. The van der Waals surface area contributed by atoms with Gasteiger partial charge in [0.15, 0.2) is 0 Å². The van der Waals surface area contributed by atoms with Gasteiger partial charge in [-0.1, -0.05) is 13.8 Å². The molecule has 0 amide bonds. The normalized spacial score (nSPS) is 11.0. The topological polar surface area (TPSA) is 97.1 Å². The van der Waals surface area contributed by atoms with Crippen molar-refractivity contribution in [2.75, 3.05) is 31.5 Å². The molecule has 112 valence electrons. The van der Waals surface area contributed by atoms with Crippen LogP contribution >= 0.6 is 0 Å². The van der Waals surface area contributed by atoms with Crippen molar-refractivity contribution in [1.82, 2.24) is 20.1 Å². The van der Waals surface area contributed by atoms with E-state index in [0.717, 1.165) is 26.2 Å². The first kappa shape index (κ1) is 15.0. The lowest BCUT2D eigenvalue weighted by molar-refractivity contribution is -0.384. The van der Waals surface area contributed by atoms with E-state index in [9.17, 15) is 10.1 Å². The molecule has 0 atom stereocenters. The molecule has 2 aromatic rings. The number of nitro groups is 1. The third kappa shape index (κ3) is 3.82. The molecule has 1 aromatic carbocycles. The zero-order chi connectivity index (χ0) is 15.2. The van der Waals surface area contributed by atoms with Gasteiger partial charge in [0.05, 0.1) is 10.4 Å². The number of likely N-dealkylation sites (N-methyl/N-ethyl adjacent to an activating group) is 1. The van der Waals surface area contributed by atoms with Gasteiger partial charge in [0.2, 0.25) is 5.95 Å². The summed E-state index contributed by atoms with van der Waals surface area (Å²) < 4.78 is 0. The van der Waals surface area contributed by atoms with Crippen LogP contribution in [0.25, 0.3) is 11.0 Å². The number of anilines is 1. The van der Waals surface area contributed by atoms with Crippen LogP contribution in [0, 0.1) is 10.1 Å². The zero-order valence-electron chi connectivity index (χ0n) is 12.1. The number of fused-ring (bicyclic) bond motifs is 1. The lowest BCUT2D eigenvalue weighted by Gasteiger charge is -2.17. The van der Waals surface area contributed by atoms with E-state index < -0.39 is 4.92 Å². The summed E-state index contributed by atoms with van der Waals surface area (Å²) in [6, 6.07) is 4.36. The number of nitrogens with zero attached hydrogens (tertiary/aromatic N) is 5. The lowest BCUT2D eigenvalue weighted by Crippen LogP contribution is -2.29. The van der Waals surface area contributed by atoms with Crippen molar-refractivity contribution in [3.63, 3.8) is 0 Å². The molecule has 0 unspecified atom stereocenters. The monoisotopic (exact) mass is 290 g/mol. The van der Waals surface area contributed by atoms with Crippen LogP contribution in [-0.4, -0.2) is 51.2 Å². The third-order valence-electron chi connectivity index (χ3n) is 3.25. The van der Waals surface area contributed by atoms with Crippen LogP contribution in [0.2, 0.25) is 0 Å².